The van der Waals surface area contributed by atoms with Crippen LogP contribution in [-0.4, -0.2) is 25.6 Å². The SMILES string of the molecule is CCCCOc1c(C(=O)OC)occ(C(=O)NCc2ccc(F)cc2F)c1=O. The van der Waals surface area contributed by atoms with Crippen molar-refractivity contribution in [3.63, 3.8) is 0 Å². The van der Waals surface area contributed by atoms with Crippen LogP contribution in [0.5, 0.6) is 5.75 Å². The number of esters is 1. The summed E-state index contributed by atoms with van der Waals surface area (Å²) in [5.41, 5.74) is -1.26. The lowest BCUT2D eigenvalue weighted by Gasteiger charge is -2.10. The lowest BCUT2D eigenvalue weighted by Crippen LogP contribution is -2.30. The molecule has 7 nitrogen and oxygen atoms in total. The van der Waals surface area contributed by atoms with Crippen LogP contribution in [0, 0.1) is 11.6 Å². The van der Waals surface area contributed by atoms with Crippen LogP contribution < -0.4 is 15.5 Å². The minimum absolute atomic E-state index is 0.0322. The van der Waals surface area contributed by atoms with E-state index >= 15 is 0 Å². The number of nitrogens with one attached hydrogen (secondary N) is 1. The second-order valence-corrected chi connectivity index (χ2v) is 5.75. The van der Waals surface area contributed by atoms with Crippen molar-refractivity contribution in [2.45, 2.75) is 26.3 Å². The summed E-state index contributed by atoms with van der Waals surface area (Å²) in [6.07, 6.45) is 2.19. The maximum atomic E-state index is 13.7. The average Bonchev–Trinajstić information content (AvgIpc) is 2.67. The number of unbranched alkanes of at least 4 members (excludes halogenated alkanes) is 1. The molecule has 1 aromatic heterocycles. The van der Waals surface area contributed by atoms with Gasteiger partial charge in [-0.3, -0.25) is 9.59 Å². The predicted octanol–water partition coefficient (Wildman–Crippen LogP) is 2.81. The third-order valence-corrected chi connectivity index (χ3v) is 3.77. The molecule has 1 heterocycles. The summed E-state index contributed by atoms with van der Waals surface area (Å²) in [4.78, 5) is 36.7. The van der Waals surface area contributed by atoms with Crippen LogP contribution in [0.4, 0.5) is 8.78 Å². The maximum absolute atomic E-state index is 13.7. The minimum Gasteiger partial charge on any atom is -0.486 e. The van der Waals surface area contributed by atoms with Gasteiger partial charge >= 0.3 is 5.97 Å². The monoisotopic (exact) mass is 395 g/mol. The number of rotatable bonds is 8. The summed E-state index contributed by atoms with van der Waals surface area (Å²) in [7, 11) is 1.11. The van der Waals surface area contributed by atoms with Gasteiger partial charge in [-0.25, -0.2) is 13.6 Å². The zero-order valence-corrected chi connectivity index (χ0v) is 15.3. The lowest BCUT2D eigenvalue weighted by atomic mass is 10.2. The summed E-state index contributed by atoms with van der Waals surface area (Å²) >= 11 is 0. The van der Waals surface area contributed by atoms with Crippen molar-refractivity contribution in [3.05, 3.63) is 63.2 Å². The minimum atomic E-state index is -0.927. The van der Waals surface area contributed by atoms with Crippen LogP contribution in [0.25, 0.3) is 0 Å². The quantitative estimate of drug-likeness (QED) is 0.546. The van der Waals surface area contributed by atoms with E-state index in [1.807, 2.05) is 6.92 Å². The van der Waals surface area contributed by atoms with Crippen LogP contribution in [0.2, 0.25) is 0 Å². The molecule has 1 amide bonds. The van der Waals surface area contributed by atoms with E-state index in [1.54, 1.807) is 0 Å². The van der Waals surface area contributed by atoms with Gasteiger partial charge in [0, 0.05) is 18.2 Å². The highest BCUT2D eigenvalue weighted by Crippen LogP contribution is 2.17. The van der Waals surface area contributed by atoms with Gasteiger partial charge in [0.05, 0.1) is 13.7 Å². The normalized spacial score (nSPS) is 10.4. The van der Waals surface area contributed by atoms with E-state index in [0.29, 0.717) is 12.5 Å². The Morgan fingerprint density at radius 2 is 2.00 bits per heavy atom. The van der Waals surface area contributed by atoms with Crippen molar-refractivity contribution in [1.82, 2.24) is 5.32 Å². The number of benzene rings is 1. The molecule has 0 radical (unpaired) electrons. The number of hydrogen-bond acceptors (Lipinski definition) is 6. The van der Waals surface area contributed by atoms with Crippen molar-refractivity contribution < 1.29 is 32.3 Å². The van der Waals surface area contributed by atoms with Crippen LogP contribution in [0.15, 0.2) is 33.7 Å². The Morgan fingerprint density at radius 1 is 1.25 bits per heavy atom. The fourth-order valence-electron chi connectivity index (χ4n) is 2.23. The van der Waals surface area contributed by atoms with Crippen molar-refractivity contribution in [2.24, 2.45) is 0 Å². The van der Waals surface area contributed by atoms with Crippen molar-refractivity contribution in [2.75, 3.05) is 13.7 Å². The lowest BCUT2D eigenvalue weighted by molar-refractivity contribution is 0.0552. The molecule has 2 aromatic rings. The topological polar surface area (TPSA) is 94.8 Å². The summed E-state index contributed by atoms with van der Waals surface area (Å²) in [6.45, 7) is 1.76. The van der Waals surface area contributed by atoms with E-state index in [0.717, 1.165) is 25.9 Å². The Hall–Kier alpha value is -3.23. The summed E-state index contributed by atoms with van der Waals surface area (Å²) in [5, 5.41) is 2.34. The third kappa shape index (κ3) is 4.93. The molecule has 0 saturated heterocycles. The number of methoxy groups -OCH3 is 1. The Labute approximate surface area is 159 Å². The molecule has 1 aromatic carbocycles. The van der Waals surface area contributed by atoms with Crippen LogP contribution >= 0.6 is 0 Å². The maximum Gasteiger partial charge on any atom is 0.378 e. The van der Waals surface area contributed by atoms with Gasteiger partial charge in [0.25, 0.3) is 11.7 Å². The number of amides is 1. The molecule has 0 fully saturated rings. The Morgan fingerprint density at radius 3 is 2.64 bits per heavy atom. The Balaban J connectivity index is 2.26. The molecule has 0 unspecified atom stereocenters. The van der Waals surface area contributed by atoms with Gasteiger partial charge in [0.2, 0.25) is 11.2 Å². The highest BCUT2D eigenvalue weighted by atomic mass is 19.1. The molecular weight excluding hydrogens is 376 g/mol. The number of hydrogen-bond donors (Lipinski definition) is 1. The predicted molar refractivity (Wildman–Crippen MR) is 94.2 cm³/mol. The van der Waals surface area contributed by atoms with Crippen molar-refractivity contribution in [3.8, 4) is 5.75 Å². The fourth-order valence-corrected chi connectivity index (χ4v) is 2.23. The van der Waals surface area contributed by atoms with E-state index < -0.39 is 46.0 Å². The third-order valence-electron chi connectivity index (χ3n) is 3.77. The molecule has 9 heteroatoms. The number of carbonyl (C=O) groups is 2. The smallest absolute Gasteiger partial charge is 0.378 e. The van der Waals surface area contributed by atoms with Gasteiger partial charge in [-0.1, -0.05) is 19.4 Å². The highest BCUT2D eigenvalue weighted by Gasteiger charge is 2.25. The first-order valence-corrected chi connectivity index (χ1v) is 8.48. The van der Waals surface area contributed by atoms with Gasteiger partial charge in [-0.15, -0.1) is 0 Å². The molecule has 0 spiro atoms. The molecule has 2 rings (SSSR count). The number of halogens is 2. The standard InChI is InChI=1S/C19H19F2NO6/c1-3-4-7-27-16-15(23)13(10-28-17(16)19(25)26-2)18(24)22-9-11-5-6-12(20)8-14(11)21/h5-6,8,10H,3-4,7,9H2,1-2H3,(H,22,24). The van der Waals surface area contributed by atoms with Crippen molar-refractivity contribution >= 4 is 11.9 Å². The summed E-state index contributed by atoms with van der Waals surface area (Å²) in [5.74, 6) is -4.26. The molecule has 28 heavy (non-hydrogen) atoms. The molecule has 0 aliphatic carbocycles. The molecule has 0 aliphatic heterocycles. The van der Waals surface area contributed by atoms with Gasteiger partial charge in [-0.2, -0.15) is 0 Å². The van der Waals surface area contributed by atoms with E-state index in [9.17, 15) is 23.2 Å². The largest absolute Gasteiger partial charge is 0.486 e. The molecule has 150 valence electrons. The zero-order chi connectivity index (χ0) is 20.7. The fraction of sp³-hybridized carbons (Fsp3) is 0.316. The molecule has 1 N–H and O–H groups in total. The first kappa shape index (κ1) is 21.1. The van der Waals surface area contributed by atoms with Crippen LogP contribution in [0.3, 0.4) is 0 Å². The van der Waals surface area contributed by atoms with Crippen LogP contribution in [-0.2, 0) is 11.3 Å². The van der Waals surface area contributed by atoms with E-state index in [1.165, 1.54) is 6.07 Å². The van der Waals surface area contributed by atoms with Gasteiger partial charge in [0.1, 0.15) is 23.5 Å². The summed E-state index contributed by atoms with van der Waals surface area (Å²) < 4.78 is 41.5. The molecule has 0 saturated carbocycles. The molecule has 0 aliphatic rings. The van der Waals surface area contributed by atoms with E-state index in [-0.39, 0.29) is 18.7 Å². The second kappa shape index (κ2) is 9.63. The first-order valence-electron chi connectivity index (χ1n) is 8.48. The summed E-state index contributed by atoms with van der Waals surface area (Å²) in [6, 6.07) is 2.90. The van der Waals surface area contributed by atoms with Gasteiger partial charge < -0.3 is 19.2 Å². The first-order chi connectivity index (χ1) is 13.4. The molecule has 0 atom stereocenters. The number of ether oxygens (including phenoxy) is 2. The highest BCUT2D eigenvalue weighted by molar-refractivity contribution is 5.95. The van der Waals surface area contributed by atoms with Gasteiger partial charge in [-0.05, 0) is 12.5 Å². The van der Waals surface area contributed by atoms with E-state index in [4.69, 9.17) is 9.15 Å². The number of carbonyl (C=O) groups excluding carboxylic acids is 2. The Bertz CT molecular complexity index is 925. The van der Waals surface area contributed by atoms with Gasteiger partial charge in [0.15, 0.2) is 0 Å². The Kier molecular flexibility index (Phi) is 7.25. The second-order valence-electron chi connectivity index (χ2n) is 5.75. The average molecular weight is 395 g/mol. The van der Waals surface area contributed by atoms with Crippen LogP contribution in [0.1, 0.15) is 46.2 Å². The molecular formula is C19H19F2NO6. The van der Waals surface area contributed by atoms with Crippen molar-refractivity contribution in [1.29, 1.82) is 0 Å². The van der Waals surface area contributed by atoms with E-state index in [2.05, 4.69) is 10.1 Å². The molecule has 0 bridgehead atoms. The zero-order valence-electron chi connectivity index (χ0n) is 15.3.